The van der Waals surface area contributed by atoms with E-state index in [1.165, 1.54) is 18.2 Å². The zero-order valence-electron chi connectivity index (χ0n) is 15.3. The lowest BCUT2D eigenvalue weighted by Crippen LogP contribution is -2.14. The Kier molecular flexibility index (Phi) is 6.04. The van der Waals surface area contributed by atoms with Crippen molar-refractivity contribution < 1.29 is 14.5 Å². The molecule has 0 fully saturated rings. The molecule has 8 heteroatoms. The topological polar surface area (TPSA) is 101 Å². The maximum atomic E-state index is 12.5. The number of hydrogen-bond donors (Lipinski definition) is 2. The smallest absolute Gasteiger partial charge is 0.270 e. The number of nitro benzene ring substituents is 1. The highest BCUT2D eigenvalue weighted by molar-refractivity contribution is 9.10. The van der Waals surface area contributed by atoms with E-state index in [9.17, 15) is 19.7 Å². The molecule has 0 saturated heterocycles. The van der Waals surface area contributed by atoms with Gasteiger partial charge < -0.3 is 10.6 Å². The summed E-state index contributed by atoms with van der Waals surface area (Å²) >= 11 is 3.23. The molecular formula is C21H16BrN3O4. The fraction of sp³-hybridized carbons (Fsp3) is 0.0476. The number of hydrogen-bond acceptors (Lipinski definition) is 4. The Labute approximate surface area is 175 Å². The van der Waals surface area contributed by atoms with Gasteiger partial charge in [-0.3, -0.25) is 19.7 Å². The Hall–Kier alpha value is -3.52. The van der Waals surface area contributed by atoms with Crippen LogP contribution in [0.3, 0.4) is 0 Å². The molecule has 0 aliphatic heterocycles. The summed E-state index contributed by atoms with van der Waals surface area (Å²) in [5, 5.41) is 16.4. The van der Waals surface area contributed by atoms with Gasteiger partial charge in [0.25, 0.3) is 17.5 Å². The molecule has 0 atom stereocenters. The maximum Gasteiger partial charge on any atom is 0.270 e. The highest BCUT2D eigenvalue weighted by Gasteiger charge is 2.16. The minimum atomic E-state index is -0.561. The van der Waals surface area contributed by atoms with E-state index in [0.29, 0.717) is 21.4 Å². The summed E-state index contributed by atoms with van der Waals surface area (Å²) in [5.41, 5.74) is 2.58. The molecule has 3 aromatic carbocycles. The van der Waals surface area contributed by atoms with Crippen LogP contribution < -0.4 is 10.6 Å². The fourth-order valence-corrected chi connectivity index (χ4v) is 3.05. The van der Waals surface area contributed by atoms with Crippen LogP contribution in [-0.4, -0.2) is 16.7 Å². The lowest BCUT2D eigenvalue weighted by atomic mass is 10.1. The number of amides is 2. The number of carbonyl (C=O) groups is 2. The maximum absolute atomic E-state index is 12.5. The first-order chi connectivity index (χ1) is 13.8. The summed E-state index contributed by atoms with van der Waals surface area (Å²) in [6.07, 6.45) is 0. The molecule has 0 aliphatic rings. The lowest BCUT2D eigenvalue weighted by Gasteiger charge is -2.09. The predicted molar refractivity (Wildman–Crippen MR) is 114 cm³/mol. The van der Waals surface area contributed by atoms with Gasteiger partial charge in [-0.1, -0.05) is 17.7 Å². The number of nitrogens with zero attached hydrogens (tertiary/aromatic N) is 1. The second kappa shape index (κ2) is 8.66. The first kappa shape index (κ1) is 20.2. The average Bonchev–Trinajstić information content (AvgIpc) is 2.69. The molecular weight excluding hydrogens is 438 g/mol. The number of non-ortho nitro benzene ring substituents is 1. The Balaban J connectivity index is 1.69. The summed E-state index contributed by atoms with van der Waals surface area (Å²) in [7, 11) is 0. The van der Waals surface area contributed by atoms with E-state index in [-0.39, 0.29) is 17.2 Å². The molecule has 3 rings (SSSR count). The highest BCUT2D eigenvalue weighted by Crippen LogP contribution is 2.24. The van der Waals surface area contributed by atoms with Crippen molar-refractivity contribution in [1.82, 2.24) is 0 Å². The van der Waals surface area contributed by atoms with Crippen molar-refractivity contribution in [3.8, 4) is 0 Å². The SMILES string of the molecule is Cc1cccc(C(=O)Nc2ccc(NC(=O)c3cc([N+](=O)[O-])ccc3Br)cc2)c1. The molecule has 0 aliphatic carbocycles. The number of benzene rings is 3. The van der Waals surface area contributed by atoms with Crippen molar-refractivity contribution in [2.45, 2.75) is 6.92 Å². The fourth-order valence-electron chi connectivity index (χ4n) is 2.63. The number of carbonyl (C=O) groups excluding carboxylic acids is 2. The number of anilines is 2. The van der Waals surface area contributed by atoms with Crippen molar-refractivity contribution in [3.63, 3.8) is 0 Å². The van der Waals surface area contributed by atoms with Crippen LogP contribution in [0.1, 0.15) is 26.3 Å². The minimum absolute atomic E-state index is 0.149. The van der Waals surface area contributed by atoms with Crippen molar-refractivity contribution in [2.24, 2.45) is 0 Å². The van der Waals surface area contributed by atoms with Crippen LogP contribution >= 0.6 is 15.9 Å². The third-order valence-electron chi connectivity index (χ3n) is 4.09. The van der Waals surface area contributed by atoms with E-state index < -0.39 is 10.8 Å². The molecule has 0 heterocycles. The molecule has 7 nitrogen and oxygen atoms in total. The van der Waals surface area contributed by atoms with Crippen LogP contribution in [0.5, 0.6) is 0 Å². The lowest BCUT2D eigenvalue weighted by molar-refractivity contribution is -0.384. The van der Waals surface area contributed by atoms with Gasteiger partial charge in [-0.25, -0.2) is 0 Å². The number of nitrogens with one attached hydrogen (secondary N) is 2. The van der Waals surface area contributed by atoms with Gasteiger partial charge in [-0.05, 0) is 65.3 Å². The Morgan fingerprint density at radius 2 is 1.52 bits per heavy atom. The Morgan fingerprint density at radius 3 is 2.10 bits per heavy atom. The van der Waals surface area contributed by atoms with Gasteiger partial charge in [0.15, 0.2) is 0 Å². The van der Waals surface area contributed by atoms with Gasteiger partial charge >= 0.3 is 0 Å². The number of aryl methyl sites for hydroxylation is 1. The number of rotatable bonds is 5. The molecule has 0 saturated carbocycles. The van der Waals surface area contributed by atoms with Gasteiger partial charge in [0.05, 0.1) is 10.5 Å². The van der Waals surface area contributed by atoms with Gasteiger partial charge in [0.2, 0.25) is 0 Å². The van der Waals surface area contributed by atoms with E-state index in [0.717, 1.165) is 5.56 Å². The summed E-state index contributed by atoms with van der Waals surface area (Å²) in [6, 6.07) is 17.8. The highest BCUT2D eigenvalue weighted by atomic mass is 79.9. The second-order valence-electron chi connectivity index (χ2n) is 6.28. The molecule has 3 aromatic rings. The Bertz CT molecular complexity index is 1100. The second-order valence-corrected chi connectivity index (χ2v) is 7.13. The molecule has 146 valence electrons. The summed E-state index contributed by atoms with van der Waals surface area (Å²) < 4.78 is 0.447. The van der Waals surface area contributed by atoms with Gasteiger partial charge in [0, 0.05) is 33.5 Å². The minimum Gasteiger partial charge on any atom is -0.322 e. The summed E-state index contributed by atoms with van der Waals surface area (Å²) in [5.74, 6) is -0.719. The van der Waals surface area contributed by atoms with Crippen LogP contribution in [-0.2, 0) is 0 Å². The van der Waals surface area contributed by atoms with Crippen molar-refractivity contribution in [1.29, 1.82) is 0 Å². The molecule has 0 aromatic heterocycles. The average molecular weight is 454 g/mol. The molecule has 2 amide bonds. The van der Waals surface area contributed by atoms with Crippen LogP contribution in [0.25, 0.3) is 0 Å². The zero-order valence-corrected chi connectivity index (χ0v) is 16.9. The number of halogens is 1. The van der Waals surface area contributed by atoms with Crippen molar-refractivity contribution in [2.75, 3.05) is 10.6 Å². The van der Waals surface area contributed by atoms with Crippen LogP contribution in [0, 0.1) is 17.0 Å². The van der Waals surface area contributed by atoms with E-state index in [1.54, 1.807) is 36.4 Å². The standard InChI is InChI=1S/C21H16BrN3O4/c1-13-3-2-4-14(11-13)20(26)23-15-5-7-16(8-6-15)24-21(27)18-12-17(25(28)29)9-10-19(18)22/h2-12H,1H3,(H,23,26)(H,24,27). The van der Waals surface area contributed by atoms with E-state index in [2.05, 4.69) is 26.6 Å². The van der Waals surface area contributed by atoms with E-state index >= 15 is 0 Å². The van der Waals surface area contributed by atoms with Crippen LogP contribution in [0.4, 0.5) is 17.1 Å². The zero-order chi connectivity index (χ0) is 21.0. The van der Waals surface area contributed by atoms with Crippen LogP contribution in [0.2, 0.25) is 0 Å². The van der Waals surface area contributed by atoms with E-state index in [4.69, 9.17) is 0 Å². The first-order valence-corrected chi connectivity index (χ1v) is 9.36. The van der Waals surface area contributed by atoms with Gasteiger partial charge in [-0.15, -0.1) is 0 Å². The third kappa shape index (κ3) is 5.05. The summed E-state index contributed by atoms with van der Waals surface area (Å²) in [4.78, 5) is 35.1. The Morgan fingerprint density at radius 1 is 0.897 bits per heavy atom. The molecule has 0 radical (unpaired) electrons. The monoisotopic (exact) mass is 453 g/mol. The van der Waals surface area contributed by atoms with Crippen molar-refractivity contribution >= 4 is 44.8 Å². The molecule has 0 bridgehead atoms. The largest absolute Gasteiger partial charge is 0.322 e. The molecule has 0 unspecified atom stereocenters. The predicted octanol–water partition coefficient (Wildman–Crippen LogP) is 5.17. The van der Waals surface area contributed by atoms with Gasteiger partial charge in [0.1, 0.15) is 0 Å². The van der Waals surface area contributed by atoms with Gasteiger partial charge in [-0.2, -0.15) is 0 Å². The first-order valence-electron chi connectivity index (χ1n) is 8.57. The molecule has 29 heavy (non-hydrogen) atoms. The normalized spacial score (nSPS) is 10.3. The molecule has 2 N–H and O–H groups in total. The number of nitro groups is 1. The van der Waals surface area contributed by atoms with Crippen LogP contribution in [0.15, 0.2) is 71.2 Å². The quantitative estimate of drug-likeness (QED) is 0.410. The van der Waals surface area contributed by atoms with Crippen molar-refractivity contribution in [3.05, 3.63) is 98.0 Å². The van der Waals surface area contributed by atoms with E-state index in [1.807, 2.05) is 19.1 Å². The summed E-state index contributed by atoms with van der Waals surface area (Å²) in [6.45, 7) is 1.91. The third-order valence-corrected chi connectivity index (χ3v) is 4.78. The molecule has 0 spiro atoms.